The number of halogens is 1. The van der Waals surface area contributed by atoms with Gasteiger partial charge in [-0.05, 0) is 19.3 Å². The Balaban J connectivity index is 0. The summed E-state index contributed by atoms with van der Waals surface area (Å²) in [5.41, 5.74) is 5.61. The maximum Gasteiger partial charge on any atom is 0.325 e. The fourth-order valence-electron chi connectivity index (χ4n) is 1.12. The quantitative estimate of drug-likeness (QED) is 0.673. The van der Waals surface area contributed by atoms with E-state index < -0.39 is 12.0 Å². The van der Waals surface area contributed by atoms with Gasteiger partial charge in [0, 0.05) is 0 Å². The molecule has 0 aliphatic heterocycles. The number of amides is 1. The number of hydrogen-bond acceptors (Lipinski definition) is 4. The number of esters is 1. The maximum atomic E-state index is 11.3. The minimum absolute atomic E-state index is 0. The van der Waals surface area contributed by atoms with Crippen molar-refractivity contribution >= 4 is 24.3 Å². The molecule has 96 valence electrons. The molecule has 0 radical (unpaired) electrons. The second kappa shape index (κ2) is 9.42. The zero-order valence-electron chi connectivity index (χ0n) is 9.99. The monoisotopic (exact) mass is 252 g/mol. The van der Waals surface area contributed by atoms with Gasteiger partial charge in [-0.2, -0.15) is 0 Å². The van der Waals surface area contributed by atoms with E-state index in [-0.39, 0.29) is 24.9 Å². The third-order valence-electron chi connectivity index (χ3n) is 1.77. The van der Waals surface area contributed by atoms with Gasteiger partial charge in [0.1, 0.15) is 6.54 Å². The molecule has 0 saturated heterocycles. The summed E-state index contributed by atoms with van der Waals surface area (Å²) in [5.74, 6) is -0.396. The average molecular weight is 253 g/mol. The van der Waals surface area contributed by atoms with E-state index in [0.717, 1.165) is 0 Å². The molecular formula is C10H21ClN2O3. The summed E-state index contributed by atoms with van der Waals surface area (Å²) < 4.78 is 4.66. The first kappa shape index (κ1) is 17.6. The third-order valence-corrected chi connectivity index (χ3v) is 1.77. The molecule has 1 atom stereocenters. The first-order valence-electron chi connectivity index (χ1n) is 5.16. The fraction of sp³-hybridized carbons (Fsp3) is 0.800. The molecule has 0 aromatic rings. The lowest BCUT2D eigenvalue weighted by atomic mass is 10.0. The van der Waals surface area contributed by atoms with Crippen LogP contribution in [0, 0.1) is 5.92 Å². The lowest BCUT2D eigenvalue weighted by Crippen LogP contribution is -2.43. The standard InChI is InChI=1S/C10H20N2O3.ClH/c1-4-15-9(13)6-12-10(14)8(11)5-7(2)3;/h7-8H,4-6,11H2,1-3H3,(H,12,14);1H/t8-;/m0./s1. The van der Waals surface area contributed by atoms with Crippen LogP contribution in [0.4, 0.5) is 0 Å². The van der Waals surface area contributed by atoms with Gasteiger partial charge in [-0.25, -0.2) is 0 Å². The number of hydrogen-bond donors (Lipinski definition) is 2. The van der Waals surface area contributed by atoms with Gasteiger partial charge in [0.2, 0.25) is 5.91 Å². The summed E-state index contributed by atoms with van der Waals surface area (Å²) in [7, 11) is 0. The summed E-state index contributed by atoms with van der Waals surface area (Å²) in [6, 6.07) is -0.556. The highest BCUT2D eigenvalue weighted by molar-refractivity contribution is 5.85. The minimum atomic E-state index is -0.556. The number of nitrogens with one attached hydrogen (secondary N) is 1. The van der Waals surface area contributed by atoms with E-state index in [9.17, 15) is 9.59 Å². The van der Waals surface area contributed by atoms with Crippen molar-refractivity contribution < 1.29 is 14.3 Å². The first-order chi connectivity index (χ1) is 6.97. The molecule has 5 nitrogen and oxygen atoms in total. The zero-order valence-corrected chi connectivity index (χ0v) is 10.8. The van der Waals surface area contributed by atoms with E-state index in [1.165, 1.54) is 0 Å². The van der Waals surface area contributed by atoms with Gasteiger partial charge in [0.15, 0.2) is 0 Å². The molecule has 0 bridgehead atoms. The predicted molar refractivity (Wildman–Crippen MR) is 64.3 cm³/mol. The highest BCUT2D eigenvalue weighted by atomic mass is 35.5. The molecule has 16 heavy (non-hydrogen) atoms. The Morgan fingerprint density at radius 1 is 1.38 bits per heavy atom. The number of nitrogens with two attached hydrogens (primary N) is 1. The number of ether oxygens (including phenoxy) is 1. The Hall–Kier alpha value is -0.810. The van der Waals surface area contributed by atoms with E-state index in [2.05, 4.69) is 10.1 Å². The molecule has 0 unspecified atom stereocenters. The maximum absolute atomic E-state index is 11.3. The van der Waals surface area contributed by atoms with Crippen molar-refractivity contribution in [2.75, 3.05) is 13.2 Å². The van der Waals surface area contributed by atoms with Crippen LogP contribution in [0.2, 0.25) is 0 Å². The van der Waals surface area contributed by atoms with Crippen molar-refractivity contribution in [1.82, 2.24) is 5.32 Å². The van der Waals surface area contributed by atoms with Crippen LogP contribution in [-0.2, 0) is 14.3 Å². The molecular weight excluding hydrogens is 232 g/mol. The Kier molecular flexibility index (Phi) is 10.3. The summed E-state index contributed by atoms with van der Waals surface area (Å²) >= 11 is 0. The van der Waals surface area contributed by atoms with Crippen molar-refractivity contribution in [2.24, 2.45) is 11.7 Å². The van der Waals surface area contributed by atoms with Gasteiger partial charge in [-0.15, -0.1) is 12.4 Å². The largest absolute Gasteiger partial charge is 0.465 e. The Morgan fingerprint density at radius 2 is 1.94 bits per heavy atom. The SMILES string of the molecule is CCOC(=O)CNC(=O)[C@@H](N)CC(C)C.Cl. The topological polar surface area (TPSA) is 81.4 Å². The molecule has 0 aromatic carbocycles. The van der Waals surface area contributed by atoms with Gasteiger partial charge in [-0.3, -0.25) is 9.59 Å². The number of rotatable bonds is 6. The number of carbonyl (C=O) groups is 2. The van der Waals surface area contributed by atoms with E-state index in [1.54, 1.807) is 6.92 Å². The van der Waals surface area contributed by atoms with Crippen molar-refractivity contribution in [1.29, 1.82) is 0 Å². The van der Waals surface area contributed by atoms with Crippen LogP contribution in [0.15, 0.2) is 0 Å². The van der Waals surface area contributed by atoms with Crippen LogP contribution in [-0.4, -0.2) is 31.1 Å². The predicted octanol–water partition coefficient (Wildman–Crippen LogP) is 0.461. The Morgan fingerprint density at radius 3 is 2.38 bits per heavy atom. The van der Waals surface area contributed by atoms with Gasteiger partial charge in [0.25, 0.3) is 0 Å². The fourth-order valence-corrected chi connectivity index (χ4v) is 1.12. The molecule has 3 N–H and O–H groups in total. The minimum Gasteiger partial charge on any atom is -0.465 e. The molecule has 0 heterocycles. The van der Waals surface area contributed by atoms with Crippen molar-refractivity contribution in [3.05, 3.63) is 0 Å². The van der Waals surface area contributed by atoms with Crippen LogP contribution >= 0.6 is 12.4 Å². The van der Waals surface area contributed by atoms with E-state index in [0.29, 0.717) is 18.9 Å². The molecule has 0 saturated carbocycles. The third kappa shape index (κ3) is 8.49. The smallest absolute Gasteiger partial charge is 0.325 e. The summed E-state index contributed by atoms with van der Waals surface area (Å²) in [6.45, 7) is 5.88. The van der Waals surface area contributed by atoms with Crippen LogP contribution in [0.25, 0.3) is 0 Å². The lowest BCUT2D eigenvalue weighted by Gasteiger charge is -2.13. The normalized spacial score (nSPS) is 11.6. The lowest BCUT2D eigenvalue weighted by molar-refractivity contribution is -0.143. The van der Waals surface area contributed by atoms with Gasteiger partial charge in [-0.1, -0.05) is 13.8 Å². The van der Waals surface area contributed by atoms with Crippen LogP contribution < -0.4 is 11.1 Å². The molecule has 6 heteroatoms. The summed E-state index contributed by atoms with van der Waals surface area (Å²) in [4.78, 5) is 22.3. The number of carbonyl (C=O) groups excluding carboxylic acids is 2. The van der Waals surface area contributed by atoms with E-state index in [1.807, 2.05) is 13.8 Å². The average Bonchev–Trinajstić information content (AvgIpc) is 2.13. The molecule has 0 spiro atoms. The van der Waals surface area contributed by atoms with Gasteiger partial charge < -0.3 is 15.8 Å². The molecule has 0 aliphatic carbocycles. The van der Waals surface area contributed by atoms with Crippen LogP contribution in [0.5, 0.6) is 0 Å². The van der Waals surface area contributed by atoms with Gasteiger partial charge in [0.05, 0.1) is 12.6 Å². The van der Waals surface area contributed by atoms with Gasteiger partial charge >= 0.3 is 5.97 Å². The second-order valence-corrected chi connectivity index (χ2v) is 3.76. The summed E-state index contributed by atoms with van der Waals surface area (Å²) in [5, 5.41) is 2.43. The van der Waals surface area contributed by atoms with E-state index >= 15 is 0 Å². The van der Waals surface area contributed by atoms with Crippen LogP contribution in [0.1, 0.15) is 27.2 Å². The highest BCUT2D eigenvalue weighted by Crippen LogP contribution is 2.02. The molecule has 0 rings (SSSR count). The summed E-state index contributed by atoms with van der Waals surface area (Å²) in [6.07, 6.45) is 0.606. The first-order valence-corrected chi connectivity index (χ1v) is 5.16. The zero-order chi connectivity index (χ0) is 11.8. The second-order valence-electron chi connectivity index (χ2n) is 3.76. The molecule has 1 amide bonds. The Bertz CT molecular complexity index is 222. The highest BCUT2D eigenvalue weighted by Gasteiger charge is 2.15. The van der Waals surface area contributed by atoms with Crippen molar-refractivity contribution in [3.63, 3.8) is 0 Å². The molecule has 0 aromatic heterocycles. The van der Waals surface area contributed by atoms with Crippen LogP contribution in [0.3, 0.4) is 0 Å². The molecule has 0 fully saturated rings. The van der Waals surface area contributed by atoms with Crippen molar-refractivity contribution in [2.45, 2.75) is 33.2 Å². The van der Waals surface area contributed by atoms with Crippen molar-refractivity contribution in [3.8, 4) is 0 Å². The van der Waals surface area contributed by atoms with E-state index in [4.69, 9.17) is 5.73 Å². The Labute approximate surface area is 103 Å². The molecule has 0 aliphatic rings.